The van der Waals surface area contributed by atoms with E-state index < -0.39 is 0 Å². The molecule has 0 atom stereocenters. The van der Waals surface area contributed by atoms with Crippen molar-refractivity contribution < 1.29 is 14.3 Å². The van der Waals surface area contributed by atoms with Crippen LogP contribution in [0.1, 0.15) is 41.3 Å². The fourth-order valence-electron chi connectivity index (χ4n) is 4.57. The Labute approximate surface area is 202 Å². The van der Waals surface area contributed by atoms with Crippen molar-refractivity contribution in [3.05, 3.63) is 95.6 Å². The van der Waals surface area contributed by atoms with Crippen LogP contribution in [0.5, 0.6) is 11.5 Å². The van der Waals surface area contributed by atoms with Gasteiger partial charge in [0, 0.05) is 37.8 Å². The first-order valence-electron chi connectivity index (χ1n) is 12.1. The predicted molar refractivity (Wildman–Crippen MR) is 135 cm³/mol. The number of piperidine rings is 1. The largest absolute Gasteiger partial charge is 0.497 e. The quantitative estimate of drug-likeness (QED) is 0.431. The van der Waals surface area contributed by atoms with Gasteiger partial charge < -0.3 is 14.4 Å². The minimum absolute atomic E-state index is 0.0503. The molecule has 34 heavy (non-hydrogen) atoms. The van der Waals surface area contributed by atoms with E-state index in [1.165, 1.54) is 5.56 Å². The first kappa shape index (κ1) is 23.8. The summed E-state index contributed by atoms with van der Waals surface area (Å²) >= 11 is 0. The molecule has 1 aliphatic heterocycles. The molecule has 0 saturated carbocycles. The molecule has 0 aliphatic carbocycles. The van der Waals surface area contributed by atoms with Crippen LogP contribution in [0.2, 0.25) is 0 Å². The molecule has 0 unspecified atom stereocenters. The van der Waals surface area contributed by atoms with Crippen LogP contribution >= 0.6 is 0 Å². The first-order chi connectivity index (χ1) is 16.7. The van der Waals surface area contributed by atoms with Crippen LogP contribution in [0.4, 0.5) is 0 Å². The molecular formula is C29H34N2O3. The lowest BCUT2D eigenvalue weighted by Gasteiger charge is -2.39. The highest BCUT2D eigenvalue weighted by Crippen LogP contribution is 2.25. The Morgan fingerprint density at radius 2 is 1.65 bits per heavy atom. The van der Waals surface area contributed by atoms with E-state index in [2.05, 4.69) is 47.4 Å². The van der Waals surface area contributed by atoms with Crippen LogP contribution in [0.25, 0.3) is 0 Å². The van der Waals surface area contributed by atoms with Crippen molar-refractivity contribution in [2.45, 2.75) is 38.9 Å². The third-order valence-corrected chi connectivity index (χ3v) is 6.41. The summed E-state index contributed by atoms with van der Waals surface area (Å²) in [4.78, 5) is 18.2. The van der Waals surface area contributed by atoms with Crippen LogP contribution in [-0.4, -0.2) is 48.6 Å². The lowest BCUT2D eigenvalue weighted by Crippen LogP contribution is -2.46. The second-order valence-corrected chi connectivity index (χ2v) is 8.73. The average Bonchev–Trinajstić information content (AvgIpc) is 2.89. The van der Waals surface area contributed by atoms with Gasteiger partial charge in [0.05, 0.1) is 13.7 Å². The summed E-state index contributed by atoms with van der Waals surface area (Å²) in [7, 11) is 1.63. The second-order valence-electron chi connectivity index (χ2n) is 8.73. The number of ether oxygens (including phenoxy) is 2. The highest BCUT2D eigenvalue weighted by atomic mass is 16.5. The summed E-state index contributed by atoms with van der Waals surface area (Å²) in [5, 5.41) is 0. The van der Waals surface area contributed by atoms with Gasteiger partial charge in [-0.15, -0.1) is 0 Å². The van der Waals surface area contributed by atoms with Gasteiger partial charge in [0.2, 0.25) is 0 Å². The van der Waals surface area contributed by atoms with E-state index in [1.807, 2.05) is 48.2 Å². The zero-order valence-corrected chi connectivity index (χ0v) is 20.2. The van der Waals surface area contributed by atoms with Crippen LogP contribution in [-0.2, 0) is 13.1 Å². The number of amides is 1. The number of hydrogen-bond acceptors (Lipinski definition) is 4. The summed E-state index contributed by atoms with van der Waals surface area (Å²) < 4.78 is 10.9. The molecular weight excluding hydrogens is 424 g/mol. The fraction of sp³-hybridized carbons (Fsp3) is 0.345. The lowest BCUT2D eigenvalue weighted by atomic mass is 10.00. The minimum atomic E-state index is 0.0503. The molecule has 0 radical (unpaired) electrons. The van der Waals surface area contributed by atoms with Gasteiger partial charge in [0.15, 0.2) is 0 Å². The molecule has 0 N–H and O–H groups in total. The molecule has 0 spiro atoms. The van der Waals surface area contributed by atoms with Crippen molar-refractivity contribution in [3.8, 4) is 11.5 Å². The number of methoxy groups -OCH3 is 1. The maximum absolute atomic E-state index is 13.7. The van der Waals surface area contributed by atoms with Crippen molar-refractivity contribution in [1.29, 1.82) is 0 Å². The van der Waals surface area contributed by atoms with Gasteiger partial charge in [-0.25, -0.2) is 0 Å². The maximum Gasteiger partial charge on any atom is 0.254 e. The number of rotatable bonds is 9. The Balaban J connectivity index is 1.49. The van der Waals surface area contributed by atoms with Gasteiger partial charge in [-0.1, -0.05) is 48.5 Å². The smallest absolute Gasteiger partial charge is 0.254 e. The fourth-order valence-corrected chi connectivity index (χ4v) is 4.57. The van der Waals surface area contributed by atoms with Gasteiger partial charge in [0.1, 0.15) is 11.5 Å². The van der Waals surface area contributed by atoms with E-state index >= 15 is 0 Å². The van der Waals surface area contributed by atoms with Crippen LogP contribution < -0.4 is 9.47 Å². The van der Waals surface area contributed by atoms with Crippen molar-refractivity contribution in [2.75, 3.05) is 26.8 Å². The third-order valence-electron chi connectivity index (χ3n) is 6.41. The van der Waals surface area contributed by atoms with Crippen LogP contribution in [0.3, 0.4) is 0 Å². The summed E-state index contributed by atoms with van der Waals surface area (Å²) in [6, 6.07) is 26.3. The van der Waals surface area contributed by atoms with Gasteiger partial charge >= 0.3 is 0 Å². The molecule has 5 heteroatoms. The van der Waals surface area contributed by atoms with Crippen molar-refractivity contribution in [2.24, 2.45) is 0 Å². The van der Waals surface area contributed by atoms with Crippen molar-refractivity contribution in [3.63, 3.8) is 0 Å². The Morgan fingerprint density at radius 1 is 0.912 bits per heavy atom. The minimum Gasteiger partial charge on any atom is -0.497 e. The highest BCUT2D eigenvalue weighted by Gasteiger charge is 2.29. The molecule has 3 aromatic rings. The van der Waals surface area contributed by atoms with E-state index in [1.54, 1.807) is 7.11 Å². The molecule has 1 amide bonds. The second kappa shape index (κ2) is 11.7. The molecule has 1 aliphatic rings. The van der Waals surface area contributed by atoms with Gasteiger partial charge in [0.25, 0.3) is 5.91 Å². The number of hydrogen-bond donors (Lipinski definition) is 0. The SMILES string of the molecule is CCOc1ccc(CN(C(=O)c2cccc(OC)c2)C2CCN(Cc3ccccc3)CC2)cc1. The highest BCUT2D eigenvalue weighted by molar-refractivity contribution is 5.94. The summed E-state index contributed by atoms with van der Waals surface area (Å²) in [6.07, 6.45) is 1.92. The average molecular weight is 459 g/mol. The summed E-state index contributed by atoms with van der Waals surface area (Å²) in [5.74, 6) is 1.60. The topological polar surface area (TPSA) is 42.0 Å². The standard InChI is InChI=1S/C29H34N2O3/c1-3-34-27-14-12-24(13-15-27)22-31(29(32)25-10-7-11-28(20-25)33-2)26-16-18-30(19-17-26)21-23-8-5-4-6-9-23/h4-15,20,26H,3,16-19,21-22H2,1-2H3. The zero-order valence-electron chi connectivity index (χ0n) is 20.2. The molecule has 3 aromatic carbocycles. The molecule has 0 aromatic heterocycles. The van der Waals surface area contributed by atoms with E-state index in [9.17, 15) is 4.79 Å². The number of nitrogens with zero attached hydrogens (tertiary/aromatic N) is 2. The molecule has 0 bridgehead atoms. The Hall–Kier alpha value is -3.31. The van der Waals surface area contributed by atoms with Gasteiger partial charge in [-0.2, -0.15) is 0 Å². The molecule has 1 heterocycles. The van der Waals surface area contributed by atoms with Crippen LogP contribution in [0.15, 0.2) is 78.9 Å². The molecule has 4 rings (SSSR count). The predicted octanol–water partition coefficient (Wildman–Crippen LogP) is 5.40. The molecule has 1 saturated heterocycles. The lowest BCUT2D eigenvalue weighted by molar-refractivity contribution is 0.0542. The van der Waals surface area contributed by atoms with Gasteiger partial charge in [-0.3, -0.25) is 9.69 Å². The molecule has 5 nitrogen and oxygen atoms in total. The van der Waals surface area contributed by atoms with E-state index in [-0.39, 0.29) is 11.9 Å². The summed E-state index contributed by atoms with van der Waals surface area (Å²) in [5.41, 5.74) is 3.10. The van der Waals surface area contributed by atoms with E-state index in [0.717, 1.165) is 43.8 Å². The first-order valence-corrected chi connectivity index (χ1v) is 12.1. The number of likely N-dealkylation sites (tertiary alicyclic amines) is 1. The number of carbonyl (C=O) groups is 1. The summed E-state index contributed by atoms with van der Waals surface area (Å²) in [6.45, 7) is 6.10. The van der Waals surface area contributed by atoms with E-state index in [4.69, 9.17) is 9.47 Å². The van der Waals surface area contributed by atoms with Gasteiger partial charge in [-0.05, 0) is 61.2 Å². The van der Waals surface area contributed by atoms with Crippen molar-refractivity contribution >= 4 is 5.91 Å². The Morgan fingerprint density at radius 3 is 2.32 bits per heavy atom. The molecule has 178 valence electrons. The Bertz CT molecular complexity index is 1040. The van der Waals surface area contributed by atoms with Crippen LogP contribution in [0, 0.1) is 0 Å². The third kappa shape index (κ3) is 6.17. The normalized spacial score (nSPS) is 14.5. The Kier molecular flexibility index (Phi) is 8.21. The zero-order chi connectivity index (χ0) is 23.8. The monoisotopic (exact) mass is 458 g/mol. The number of benzene rings is 3. The van der Waals surface area contributed by atoms with E-state index in [0.29, 0.717) is 24.5 Å². The number of carbonyl (C=O) groups excluding carboxylic acids is 1. The molecule has 1 fully saturated rings. The van der Waals surface area contributed by atoms with Crippen molar-refractivity contribution in [1.82, 2.24) is 9.80 Å². The maximum atomic E-state index is 13.7.